The number of aromatic nitrogens is 1. The molecule has 7 N–H and O–H groups in total. The van der Waals surface area contributed by atoms with Crippen LogP contribution in [0.5, 0.6) is 0 Å². The van der Waals surface area contributed by atoms with Crippen LogP contribution in [0.3, 0.4) is 0 Å². The molecule has 0 radical (unpaired) electrons. The van der Waals surface area contributed by atoms with Crippen molar-refractivity contribution >= 4 is 79.1 Å². The van der Waals surface area contributed by atoms with Gasteiger partial charge in [-0.3, -0.25) is 9.63 Å². The van der Waals surface area contributed by atoms with Gasteiger partial charge in [0.2, 0.25) is 0 Å². The Labute approximate surface area is 224 Å². The molecular weight excluding hydrogens is 572 g/mol. The number of hydrogen-bond donors (Lipinski definition) is 4. The zero-order valence-corrected chi connectivity index (χ0v) is 22.5. The van der Waals surface area contributed by atoms with E-state index < -0.39 is 12.0 Å². The Morgan fingerprint density at radius 2 is 1.97 bits per heavy atom. The van der Waals surface area contributed by atoms with Crippen molar-refractivity contribution in [3.63, 3.8) is 0 Å². The van der Waals surface area contributed by atoms with Crippen LogP contribution in [0.4, 0.5) is 17.1 Å². The zero-order valence-electron chi connectivity index (χ0n) is 19.4. The summed E-state index contributed by atoms with van der Waals surface area (Å²) in [6, 6.07) is 7.78. The first-order chi connectivity index (χ1) is 17.2. The minimum Gasteiger partial charge on any atom is -0.467 e. The van der Waals surface area contributed by atoms with Crippen molar-refractivity contribution < 1.29 is 19.2 Å². The van der Waals surface area contributed by atoms with E-state index in [2.05, 4.69) is 26.2 Å². The van der Waals surface area contributed by atoms with Crippen LogP contribution >= 0.6 is 39.3 Å². The fraction of sp³-hybridized carbons (Fsp3) is 0.261. The summed E-state index contributed by atoms with van der Waals surface area (Å²) in [4.78, 5) is 36.6. The van der Waals surface area contributed by atoms with Gasteiger partial charge in [0, 0.05) is 28.2 Å². The van der Waals surface area contributed by atoms with Crippen molar-refractivity contribution in [3.05, 3.63) is 56.6 Å². The lowest BCUT2D eigenvalue weighted by molar-refractivity contribution is -0.142. The maximum Gasteiger partial charge on any atom is 0.329 e. The Bertz CT molecular complexity index is 1340. The van der Waals surface area contributed by atoms with Crippen LogP contribution in [0.1, 0.15) is 27.0 Å². The molecule has 190 valence electrons. The average Bonchev–Trinajstić information content (AvgIpc) is 3.14. The summed E-state index contributed by atoms with van der Waals surface area (Å²) in [5.74, 6) is 4.55. The SMILES string of the molecule is COC(=O)C(CSC1c2cc(CON)nc3c(N)c(Cl)c(N)c(c23)N1C)NC(=O)c1ccc(Br)cc1. The molecule has 2 heterocycles. The van der Waals surface area contributed by atoms with Crippen LogP contribution in [0.15, 0.2) is 34.8 Å². The largest absolute Gasteiger partial charge is 0.467 e. The number of carbonyl (C=O) groups is 2. The number of thioether (sulfide) groups is 1. The minimum atomic E-state index is -0.900. The third-order valence-corrected chi connectivity index (χ3v) is 8.19. The molecule has 10 nitrogen and oxygen atoms in total. The number of nitrogens with one attached hydrogen (secondary N) is 1. The van der Waals surface area contributed by atoms with Gasteiger partial charge in [-0.1, -0.05) is 27.5 Å². The average molecular weight is 596 g/mol. The van der Waals surface area contributed by atoms with E-state index in [1.807, 2.05) is 18.0 Å². The zero-order chi connectivity index (χ0) is 26.1. The van der Waals surface area contributed by atoms with E-state index in [1.165, 1.54) is 18.9 Å². The Morgan fingerprint density at radius 1 is 1.28 bits per heavy atom. The quantitative estimate of drug-likeness (QED) is 0.173. The molecule has 4 rings (SSSR count). The van der Waals surface area contributed by atoms with E-state index in [1.54, 1.807) is 24.3 Å². The number of rotatable bonds is 8. The number of benzene rings is 2. The van der Waals surface area contributed by atoms with E-state index in [0.717, 1.165) is 15.4 Å². The lowest BCUT2D eigenvalue weighted by Gasteiger charge is -2.26. The number of nitrogen functional groups attached to an aromatic ring is 2. The van der Waals surface area contributed by atoms with Gasteiger partial charge in [0.05, 0.1) is 40.4 Å². The van der Waals surface area contributed by atoms with Crippen LogP contribution in [-0.4, -0.2) is 42.8 Å². The Kier molecular flexibility index (Phi) is 7.81. The topological polar surface area (TPSA) is 159 Å². The summed E-state index contributed by atoms with van der Waals surface area (Å²) in [6.45, 7) is 0.0643. The molecule has 1 aliphatic rings. The molecule has 3 aromatic rings. The second kappa shape index (κ2) is 10.7. The molecule has 2 aromatic carbocycles. The van der Waals surface area contributed by atoms with Gasteiger partial charge < -0.3 is 26.4 Å². The number of esters is 1. The molecule has 0 saturated heterocycles. The third-order valence-electron chi connectivity index (χ3n) is 5.84. The van der Waals surface area contributed by atoms with Gasteiger partial charge >= 0.3 is 5.97 Å². The van der Waals surface area contributed by atoms with Crippen molar-refractivity contribution in [1.29, 1.82) is 0 Å². The highest BCUT2D eigenvalue weighted by Gasteiger charge is 2.36. The summed E-state index contributed by atoms with van der Waals surface area (Å²) >= 11 is 11.2. The molecule has 1 aromatic heterocycles. The Hall–Kier alpha value is -2.77. The maximum absolute atomic E-state index is 12.8. The van der Waals surface area contributed by atoms with Gasteiger partial charge in [-0.15, -0.1) is 11.8 Å². The monoisotopic (exact) mass is 594 g/mol. The van der Waals surface area contributed by atoms with Crippen molar-refractivity contribution in [3.8, 4) is 0 Å². The van der Waals surface area contributed by atoms with Gasteiger partial charge in [0.25, 0.3) is 5.91 Å². The van der Waals surface area contributed by atoms with E-state index in [0.29, 0.717) is 28.1 Å². The number of hydrogen-bond acceptors (Lipinski definition) is 10. The molecule has 36 heavy (non-hydrogen) atoms. The van der Waals surface area contributed by atoms with Crippen molar-refractivity contribution in [2.45, 2.75) is 18.0 Å². The molecule has 2 atom stereocenters. The first-order valence-corrected chi connectivity index (χ1v) is 12.9. The Morgan fingerprint density at radius 3 is 2.61 bits per heavy atom. The summed E-state index contributed by atoms with van der Waals surface area (Å²) in [7, 11) is 3.14. The van der Waals surface area contributed by atoms with Crippen LogP contribution in [0, 0.1) is 0 Å². The fourth-order valence-electron chi connectivity index (χ4n) is 4.14. The summed E-state index contributed by atoms with van der Waals surface area (Å²) < 4.78 is 5.79. The lowest BCUT2D eigenvalue weighted by Crippen LogP contribution is -2.43. The number of halogens is 2. The van der Waals surface area contributed by atoms with E-state index >= 15 is 0 Å². The molecule has 0 aliphatic carbocycles. The normalized spacial score (nSPS) is 15.2. The highest BCUT2D eigenvalue weighted by Crippen LogP contribution is 2.54. The highest BCUT2D eigenvalue weighted by molar-refractivity contribution is 9.10. The highest BCUT2D eigenvalue weighted by atomic mass is 79.9. The number of methoxy groups -OCH3 is 1. The van der Waals surface area contributed by atoms with E-state index in [9.17, 15) is 9.59 Å². The summed E-state index contributed by atoms with van der Waals surface area (Å²) in [6.07, 6.45) is 0. The number of nitrogens with two attached hydrogens (primary N) is 3. The van der Waals surface area contributed by atoms with Crippen LogP contribution < -0.4 is 27.6 Å². The fourth-order valence-corrected chi connectivity index (χ4v) is 5.87. The molecule has 13 heteroatoms. The molecule has 0 fully saturated rings. The molecule has 0 spiro atoms. The molecule has 2 unspecified atom stereocenters. The van der Waals surface area contributed by atoms with Gasteiger partial charge in [-0.25, -0.2) is 15.7 Å². The number of ether oxygens (including phenoxy) is 1. The second-order valence-corrected chi connectivity index (χ2v) is 10.5. The molecule has 0 bridgehead atoms. The van der Waals surface area contributed by atoms with Gasteiger partial charge in [-0.05, 0) is 35.9 Å². The molecular formula is C23H24BrClN6O4S. The standard InChI is InChI=1S/C23H24BrClN6O4S/c1-31-20-15-13(7-12(8-35-28)29-19(15)17(26)16(25)18(20)27)22(31)36-9-14(23(33)34-2)30-21(32)10-3-5-11(24)6-4-10/h3-7,14,22H,8-9,26-28H2,1-2H3,(H,30,32). The summed E-state index contributed by atoms with van der Waals surface area (Å²) in [5, 5.41) is 3.46. The van der Waals surface area contributed by atoms with Crippen LogP contribution in [0.2, 0.25) is 5.02 Å². The predicted molar refractivity (Wildman–Crippen MR) is 146 cm³/mol. The van der Waals surface area contributed by atoms with Crippen LogP contribution in [0.25, 0.3) is 10.9 Å². The third kappa shape index (κ3) is 4.78. The smallest absolute Gasteiger partial charge is 0.329 e. The second-order valence-electron chi connectivity index (χ2n) is 8.08. The number of nitrogens with zero attached hydrogens (tertiary/aromatic N) is 2. The Balaban J connectivity index is 1.65. The molecule has 0 saturated carbocycles. The van der Waals surface area contributed by atoms with E-state index in [-0.39, 0.29) is 34.4 Å². The maximum atomic E-state index is 12.8. The van der Waals surface area contributed by atoms with Crippen molar-refractivity contribution in [1.82, 2.24) is 10.3 Å². The number of anilines is 3. The molecule has 1 aliphatic heterocycles. The van der Waals surface area contributed by atoms with Crippen LogP contribution in [-0.2, 0) is 21.0 Å². The molecule has 1 amide bonds. The first-order valence-electron chi connectivity index (χ1n) is 10.7. The summed E-state index contributed by atoms with van der Waals surface area (Å²) in [5.41, 5.74) is 16.2. The van der Waals surface area contributed by atoms with Crippen molar-refractivity contribution in [2.75, 3.05) is 36.3 Å². The van der Waals surface area contributed by atoms with E-state index in [4.69, 9.17) is 38.5 Å². The number of amides is 1. The van der Waals surface area contributed by atoms with Gasteiger partial charge in [0.1, 0.15) is 18.0 Å². The minimum absolute atomic E-state index is 0.0643. The number of carbonyl (C=O) groups excluding carboxylic acids is 2. The van der Waals surface area contributed by atoms with Gasteiger partial charge in [-0.2, -0.15) is 0 Å². The lowest BCUT2D eigenvalue weighted by atomic mass is 10.1. The van der Waals surface area contributed by atoms with Gasteiger partial charge in [0.15, 0.2) is 0 Å². The van der Waals surface area contributed by atoms with Crippen molar-refractivity contribution in [2.24, 2.45) is 5.90 Å². The predicted octanol–water partition coefficient (Wildman–Crippen LogP) is 3.36. The first kappa shape index (κ1) is 26.3. The number of pyridine rings is 1.